The van der Waals surface area contributed by atoms with Gasteiger partial charge in [-0.25, -0.2) is 0 Å². The highest BCUT2D eigenvalue weighted by Crippen LogP contribution is 2.47. The van der Waals surface area contributed by atoms with Crippen LogP contribution >= 0.6 is 11.8 Å². The van der Waals surface area contributed by atoms with E-state index in [0.29, 0.717) is 18.8 Å². The van der Waals surface area contributed by atoms with Crippen molar-refractivity contribution in [3.8, 4) is 0 Å². The van der Waals surface area contributed by atoms with Crippen LogP contribution < -0.4 is 0 Å². The van der Waals surface area contributed by atoms with E-state index in [9.17, 15) is 9.90 Å². The minimum Gasteiger partial charge on any atom is -0.466 e. The van der Waals surface area contributed by atoms with Crippen LogP contribution in [0.15, 0.2) is 0 Å². The van der Waals surface area contributed by atoms with E-state index in [4.69, 9.17) is 4.74 Å². The van der Waals surface area contributed by atoms with Gasteiger partial charge >= 0.3 is 5.97 Å². The van der Waals surface area contributed by atoms with Gasteiger partial charge in [0.1, 0.15) is 0 Å². The molecule has 3 nitrogen and oxygen atoms in total. The first-order chi connectivity index (χ1) is 7.89. The van der Waals surface area contributed by atoms with Gasteiger partial charge in [0, 0.05) is 5.75 Å². The van der Waals surface area contributed by atoms with Crippen molar-refractivity contribution in [2.75, 3.05) is 18.1 Å². The molecule has 1 aliphatic heterocycles. The number of rotatable bonds is 4. The van der Waals surface area contributed by atoms with Crippen LogP contribution in [0.2, 0.25) is 0 Å². The number of aliphatic hydroxyl groups is 1. The summed E-state index contributed by atoms with van der Waals surface area (Å²) >= 11 is 1.73. The van der Waals surface area contributed by atoms with Gasteiger partial charge in [-0.2, -0.15) is 11.8 Å². The molecule has 0 aromatic carbocycles. The first-order valence-corrected chi connectivity index (χ1v) is 7.51. The van der Waals surface area contributed by atoms with Crippen LogP contribution in [-0.4, -0.2) is 34.8 Å². The second-order valence-corrected chi connectivity index (χ2v) is 6.43. The third-order valence-electron chi connectivity index (χ3n) is 3.92. The van der Waals surface area contributed by atoms with Crippen LogP contribution in [0.3, 0.4) is 0 Å². The molecular weight excluding hydrogens is 236 g/mol. The Bertz CT molecular complexity index is 278. The van der Waals surface area contributed by atoms with Crippen LogP contribution in [0, 0.1) is 11.3 Å². The smallest absolute Gasteiger partial charge is 0.311 e. The summed E-state index contributed by atoms with van der Waals surface area (Å²) in [5, 5.41) is 10.9. The van der Waals surface area contributed by atoms with Gasteiger partial charge in [-0.15, -0.1) is 0 Å². The predicted molar refractivity (Wildman–Crippen MR) is 71.1 cm³/mol. The number of ether oxygens (including phenoxy) is 1. The maximum absolute atomic E-state index is 12.0. The molecule has 1 saturated heterocycles. The van der Waals surface area contributed by atoms with E-state index in [1.54, 1.807) is 18.7 Å². The normalized spacial score (nSPS) is 29.7. The zero-order valence-corrected chi connectivity index (χ0v) is 12.1. The Morgan fingerprint density at radius 1 is 1.47 bits per heavy atom. The van der Waals surface area contributed by atoms with Gasteiger partial charge in [0.2, 0.25) is 0 Å². The minimum absolute atomic E-state index is 0.230. The lowest BCUT2D eigenvalue weighted by Gasteiger charge is -2.49. The molecule has 2 unspecified atom stereocenters. The Morgan fingerprint density at radius 2 is 2.12 bits per heavy atom. The molecule has 1 heterocycles. The van der Waals surface area contributed by atoms with Crippen molar-refractivity contribution in [3.05, 3.63) is 0 Å². The molecule has 0 bridgehead atoms. The molecule has 0 aliphatic carbocycles. The third-order valence-corrected chi connectivity index (χ3v) is 5.06. The molecule has 4 heteroatoms. The van der Waals surface area contributed by atoms with Crippen LogP contribution in [0.4, 0.5) is 0 Å². The molecular formula is C13H24O3S. The van der Waals surface area contributed by atoms with Crippen molar-refractivity contribution in [3.63, 3.8) is 0 Å². The monoisotopic (exact) mass is 260 g/mol. The molecule has 0 aromatic heterocycles. The summed E-state index contributed by atoms with van der Waals surface area (Å²) in [7, 11) is 0. The fraction of sp³-hybridized carbons (Fsp3) is 0.923. The fourth-order valence-electron chi connectivity index (χ4n) is 2.48. The van der Waals surface area contributed by atoms with E-state index in [1.807, 2.05) is 6.92 Å². The largest absolute Gasteiger partial charge is 0.466 e. The maximum Gasteiger partial charge on any atom is 0.311 e. The number of thioether (sulfide) groups is 1. The topological polar surface area (TPSA) is 46.5 Å². The summed E-state index contributed by atoms with van der Waals surface area (Å²) in [6.07, 6.45) is 1.56. The van der Waals surface area contributed by atoms with E-state index in [0.717, 1.165) is 12.2 Å². The zero-order valence-electron chi connectivity index (χ0n) is 11.3. The van der Waals surface area contributed by atoms with Crippen molar-refractivity contribution in [2.24, 2.45) is 11.3 Å². The van der Waals surface area contributed by atoms with Gasteiger partial charge in [0.15, 0.2) is 0 Å². The maximum atomic E-state index is 12.0. The summed E-state index contributed by atoms with van der Waals surface area (Å²) < 4.78 is 5.10. The van der Waals surface area contributed by atoms with Gasteiger partial charge in [-0.1, -0.05) is 20.8 Å². The highest BCUT2D eigenvalue weighted by atomic mass is 32.2. The number of carbonyl (C=O) groups is 1. The first kappa shape index (κ1) is 14.8. The minimum atomic E-state index is -0.948. The van der Waals surface area contributed by atoms with Crippen LogP contribution in [-0.2, 0) is 9.53 Å². The number of carbonyl (C=O) groups excluding carboxylic acids is 1. The lowest BCUT2D eigenvalue weighted by Crippen LogP contribution is -2.57. The van der Waals surface area contributed by atoms with Crippen molar-refractivity contribution < 1.29 is 14.6 Å². The molecule has 1 fully saturated rings. The Labute approximate surface area is 108 Å². The zero-order chi connectivity index (χ0) is 13.1. The molecule has 17 heavy (non-hydrogen) atoms. The quantitative estimate of drug-likeness (QED) is 0.789. The number of hydrogen-bond donors (Lipinski definition) is 1. The standard InChI is InChI=1S/C13H24O3S/c1-5-10(11(14)16-6-2)13(15)9-17-8-7-12(13,3)4/h10,15H,5-9H2,1-4H3. The van der Waals surface area contributed by atoms with Crippen molar-refractivity contribution >= 4 is 17.7 Å². The van der Waals surface area contributed by atoms with Crippen LogP contribution in [0.5, 0.6) is 0 Å². The molecule has 1 aliphatic rings. The van der Waals surface area contributed by atoms with E-state index in [1.165, 1.54) is 0 Å². The van der Waals surface area contributed by atoms with E-state index < -0.39 is 11.5 Å². The fourth-order valence-corrected chi connectivity index (χ4v) is 4.18. The lowest BCUT2D eigenvalue weighted by molar-refractivity contribution is -0.168. The summed E-state index contributed by atoms with van der Waals surface area (Å²) in [5.74, 6) is 1.00. The molecule has 2 atom stereocenters. The Morgan fingerprint density at radius 3 is 2.59 bits per heavy atom. The van der Waals surface area contributed by atoms with Crippen LogP contribution in [0.1, 0.15) is 40.5 Å². The highest BCUT2D eigenvalue weighted by molar-refractivity contribution is 7.99. The molecule has 0 spiro atoms. The molecule has 1 rings (SSSR count). The number of hydrogen-bond acceptors (Lipinski definition) is 4. The molecule has 0 amide bonds. The average Bonchev–Trinajstić information content (AvgIpc) is 2.24. The van der Waals surface area contributed by atoms with E-state index >= 15 is 0 Å². The molecule has 0 radical (unpaired) electrons. The van der Waals surface area contributed by atoms with Crippen molar-refractivity contribution in [1.29, 1.82) is 0 Å². The SMILES string of the molecule is CCOC(=O)C(CC)C1(O)CSCCC1(C)C. The molecule has 100 valence electrons. The second kappa shape index (κ2) is 5.61. The third kappa shape index (κ3) is 2.79. The van der Waals surface area contributed by atoms with Gasteiger partial charge < -0.3 is 9.84 Å². The summed E-state index contributed by atoms with van der Waals surface area (Å²) in [4.78, 5) is 12.0. The highest BCUT2D eigenvalue weighted by Gasteiger charge is 2.53. The Kier molecular flexibility index (Phi) is 4.90. The molecule has 0 saturated carbocycles. The lowest BCUT2D eigenvalue weighted by atomic mass is 9.66. The number of esters is 1. The average molecular weight is 260 g/mol. The van der Waals surface area contributed by atoms with Gasteiger partial charge in [0.25, 0.3) is 0 Å². The van der Waals surface area contributed by atoms with E-state index in [-0.39, 0.29) is 11.4 Å². The molecule has 1 N–H and O–H groups in total. The van der Waals surface area contributed by atoms with Crippen molar-refractivity contribution in [2.45, 2.75) is 46.1 Å². The summed E-state index contributed by atoms with van der Waals surface area (Å²) in [6.45, 7) is 8.21. The van der Waals surface area contributed by atoms with E-state index in [2.05, 4.69) is 13.8 Å². The van der Waals surface area contributed by atoms with Crippen LogP contribution in [0.25, 0.3) is 0 Å². The molecule has 0 aromatic rings. The Balaban J connectivity index is 2.94. The van der Waals surface area contributed by atoms with Gasteiger partial charge in [0.05, 0.1) is 18.1 Å². The predicted octanol–water partition coefficient (Wildman–Crippen LogP) is 2.47. The van der Waals surface area contributed by atoms with Gasteiger partial charge in [-0.05, 0) is 30.9 Å². The first-order valence-electron chi connectivity index (χ1n) is 6.35. The Hall–Kier alpha value is -0.220. The van der Waals surface area contributed by atoms with Gasteiger partial charge in [-0.3, -0.25) is 4.79 Å². The summed E-state index contributed by atoms with van der Waals surface area (Å²) in [5.41, 5.74) is -1.18. The van der Waals surface area contributed by atoms with Crippen molar-refractivity contribution in [1.82, 2.24) is 0 Å². The second-order valence-electron chi connectivity index (χ2n) is 5.32. The summed E-state index contributed by atoms with van der Waals surface area (Å²) in [6, 6.07) is 0.